The van der Waals surface area contributed by atoms with Crippen LogP contribution in [-0.2, 0) is 15.1 Å². The molecule has 29 heavy (non-hydrogen) atoms. The summed E-state index contributed by atoms with van der Waals surface area (Å²) in [6.45, 7) is 3.40. The van der Waals surface area contributed by atoms with Gasteiger partial charge in [0.2, 0.25) is 0 Å². The summed E-state index contributed by atoms with van der Waals surface area (Å²) in [6.07, 6.45) is -0.792. The summed E-state index contributed by atoms with van der Waals surface area (Å²) in [6, 6.07) is 18.0. The predicted octanol–water partition coefficient (Wildman–Crippen LogP) is -0.242. The zero-order valence-corrected chi connectivity index (χ0v) is 16.2. The Morgan fingerprint density at radius 3 is 2.10 bits per heavy atom. The Bertz CT molecular complexity index is 813. The standard InChI is InChI=1S/C22H25N3O4/c26-19(15-24-11-13-29-14-12-24)16-25-20(27)22(23-21(25)28,17-7-3-1-4-8-17)18-9-5-2-6-10-18/h1-10,19,26H,11-16H2,(H,23,28)/p+1/t19-/m0/s1. The molecule has 0 unspecified atom stereocenters. The molecular weight excluding hydrogens is 370 g/mol. The largest absolute Gasteiger partial charge is 0.385 e. The number of nitrogens with one attached hydrogen (secondary N) is 2. The van der Waals surface area contributed by atoms with Crippen LogP contribution in [-0.4, -0.2) is 67.4 Å². The molecule has 152 valence electrons. The second-order valence-corrected chi connectivity index (χ2v) is 7.55. The lowest BCUT2D eigenvalue weighted by atomic mass is 9.82. The number of carbonyl (C=O) groups is 2. The highest BCUT2D eigenvalue weighted by Gasteiger charge is 2.54. The van der Waals surface area contributed by atoms with Crippen LogP contribution in [0.5, 0.6) is 0 Å². The normalized spacial score (nSPS) is 20.5. The maximum absolute atomic E-state index is 13.6. The Balaban J connectivity index is 1.60. The second kappa shape index (κ2) is 8.32. The number of nitrogens with zero attached hydrogens (tertiary/aromatic N) is 1. The number of urea groups is 1. The number of ether oxygens (including phenoxy) is 1. The van der Waals surface area contributed by atoms with Crippen molar-refractivity contribution in [1.29, 1.82) is 0 Å². The van der Waals surface area contributed by atoms with Gasteiger partial charge in [-0.3, -0.25) is 9.69 Å². The SMILES string of the molecule is O=C1NC(c2ccccc2)(c2ccccc2)C(=O)N1C[C@@H](O)C[NH+]1CCOCC1. The number of aliphatic hydroxyl groups excluding tert-OH is 1. The van der Waals surface area contributed by atoms with Crippen molar-refractivity contribution in [3.05, 3.63) is 71.8 Å². The van der Waals surface area contributed by atoms with E-state index in [9.17, 15) is 14.7 Å². The summed E-state index contributed by atoms with van der Waals surface area (Å²) in [7, 11) is 0. The number of hydrogen-bond acceptors (Lipinski definition) is 4. The summed E-state index contributed by atoms with van der Waals surface area (Å²) >= 11 is 0. The Hall–Kier alpha value is -2.74. The minimum absolute atomic E-state index is 0.0313. The molecule has 2 aromatic rings. The first-order valence-corrected chi connectivity index (χ1v) is 9.96. The number of benzene rings is 2. The Kier molecular flexibility index (Phi) is 5.62. The van der Waals surface area contributed by atoms with Crippen LogP contribution in [0.3, 0.4) is 0 Å². The van der Waals surface area contributed by atoms with Crippen molar-refractivity contribution < 1.29 is 24.3 Å². The maximum atomic E-state index is 13.6. The highest BCUT2D eigenvalue weighted by molar-refractivity contribution is 6.09. The van der Waals surface area contributed by atoms with E-state index < -0.39 is 17.7 Å². The van der Waals surface area contributed by atoms with Gasteiger partial charge in [0, 0.05) is 0 Å². The summed E-state index contributed by atoms with van der Waals surface area (Å²) in [4.78, 5) is 28.8. The molecule has 2 aromatic carbocycles. The summed E-state index contributed by atoms with van der Waals surface area (Å²) in [5.41, 5.74) is 0.103. The van der Waals surface area contributed by atoms with E-state index in [1.165, 1.54) is 4.90 Å². The van der Waals surface area contributed by atoms with Crippen LogP contribution in [0, 0.1) is 0 Å². The molecule has 2 heterocycles. The minimum atomic E-state index is -1.29. The van der Waals surface area contributed by atoms with Crippen LogP contribution >= 0.6 is 0 Å². The summed E-state index contributed by atoms with van der Waals surface area (Å²) in [5, 5.41) is 13.5. The number of β-amino-alcohol motifs (C(OH)–C–C–N with tert-alkyl or cyclic N) is 1. The second-order valence-electron chi connectivity index (χ2n) is 7.55. The molecule has 2 aliphatic heterocycles. The lowest BCUT2D eigenvalue weighted by molar-refractivity contribution is -0.910. The van der Waals surface area contributed by atoms with E-state index in [-0.39, 0.29) is 12.5 Å². The molecule has 0 spiro atoms. The van der Waals surface area contributed by atoms with Gasteiger partial charge in [0.15, 0.2) is 5.54 Å². The number of rotatable bonds is 6. The van der Waals surface area contributed by atoms with Gasteiger partial charge in [0.05, 0.1) is 19.8 Å². The molecule has 0 saturated carbocycles. The molecule has 7 heteroatoms. The van der Waals surface area contributed by atoms with Crippen molar-refractivity contribution in [3.63, 3.8) is 0 Å². The number of amides is 3. The van der Waals surface area contributed by atoms with Gasteiger partial charge >= 0.3 is 6.03 Å². The third-order valence-electron chi connectivity index (χ3n) is 5.64. The fourth-order valence-corrected chi connectivity index (χ4v) is 4.15. The van der Waals surface area contributed by atoms with Crippen molar-refractivity contribution in [1.82, 2.24) is 10.2 Å². The van der Waals surface area contributed by atoms with Crippen LogP contribution in [0.2, 0.25) is 0 Å². The van der Waals surface area contributed by atoms with Gasteiger partial charge in [-0.05, 0) is 11.1 Å². The molecule has 0 radical (unpaired) electrons. The maximum Gasteiger partial charge on any atom is 0.325 e. The molecule has 0 bridgehead atoms. The molecule has 0 aliphatic carbocycles. The predicted molar refractivity (Wildman–Crippen MR) is 106 cm³/mol. The molecule has 3 amide bonds. The first-order chi connectivity index (χ1) is 14.1. The number of imide groups is 1. The van der Waals surface area contributed by atoms with E-state index in [1.54, 1.807) is 0 Å². The van der Waals surface area contributed by atoms with Crippen molar-refractivity contribution in [2.45, 2.75) is 11.6 Å². The van der Waals surface area contributed by atoms with E-state index in [0.717, 1.165) is 18.0 Å². The molecular formula is C22H26N3O4+. The first-order valence-electron chi connectivity index (χ1n) is 9.96. The van der Waals surface area contributed by atoms with Gasteiger partial charge in [0.1, 0.15) is 25.7 Å². The zero-order chi connectivity index (χ0) is 20.3. The molecule has 0 aromatic heterocycles. The van der Waals surface area contributed by atoms with Gasteiger partial charge in [-0.25, -0.2) is 4.79 Å². The number of hydrogen-bond donors (Lipinski definition) is 3. The minimum Gasteiger partial charge on any atom is -0.385 e. The van der Waals surface area contributed by atoms with E-state index >= 15 is 0 Å². The number of aliphatic hydroxyl groups is 1. The fraction of sp³-hybridized carbons (Fsp3) is 0.364. The van der Waals surface area contributed by atoms with Crippen molar-refractivity contribution in [2.24, 2.45) is 0 Å². The van der Waals surface area contributed by atoms with Gasteiger partial charge in [-0.2, -0.15) is 0 Å². The van der Waals surface area contributed by atoms with Gasteiger partial charge in [-0.15, -0.1) is 0 Å². The molecule has 4 rings (SSSR count). The van der Waals surface area contributed by atoms with E-state index in [2.05, 4.69) is 5.32 Å². The van der Waals surface area contributed by atoms with Gasteiger partial charge < -0.3 is 20.1 Å². The van der Waals surface area contributed by atoms with Gasteiger partial charge in [-0.1, -0.05) is 60.7 Å². The van der Waals surface area contributed by atoms with Crippen molar-refractivity contribution >= 4 is 11.9 Å². The molecule has 2 saturated heterocycles. The zero-order valence-electron chi connectivity index (χ0n) is 16.2. The summed E-state index contributed by atoms with van der Waals surface area (Å²) < 4.78 is 5.34. The quantitative estimate of drug-likeness (QED) is 0.589. The molecule has 7 nitrogen and oxygen atoms in total. The molecule has 3 N–H and O–H groups in total. The van der Waals surface area contributed by atoms with Crippen LogP contribution in [0.1, 0.15) is 11.1 Å². The van der Waals surface area contributed by atoms with Crippen LogP contribution < -0.4 is 10.2 Å². The number of quaternary nitrogens is 1. The third-order valence-corrected chi connectivity index (χ3v) is 5.64. The highest BCUT2D eigenvalue weighted by atomic mass is 16.5. The van der Waals surface area contributed by atoms with Crippen molar-refractivity contribution in [3.8, 4) is 0 Å². The average Bonchev–Trinajstić information content (AvgIpc) is 3.01. The van der Waals surface area contributed by atoms with Gasteiger partial charge in [0.25, 0.3) is 5.91 Å². The Morgan fingerprint density at radius 1 is 1.00 bits per heavy atom. The summed E-state index contributed by atoms with van der Waals surface area (Å²) in [5.74, 6) is -0.365. The number of carbonyl (C=O) groups excluding carboxylic acids is 2. The van der Waals surface area contributed by atoms with E-state index in [4.69, 9.17) is 4.74 Å². The third kappa shape index (κ3) is 3.76. The Labute approximate surface area is 169 Å². The van der Waals surface area contributed by atoms with Crippen molar-refractivity contribution in [2.75, 3.05) is 39.4 Å². The first kappa shape index (κ1) is 19.6. The smallest absolute Gasteiger partial charge is 0.325 e. The van der Waals surface area contributed by atoms with Crippen LogP contribution in [0.15, 0.2) is 60.7 Å². The van der Waals surface area contributed by atoms with Crippen LogP contribution in [0.4, 0.5) is 4.79 Å². The van der Waals surface area contributed by atoms with Crippen LogP contribution in [0.25, 0.3) is 0 Å². The lowest BCUT2D eigenvalue weighted by Gasteiger charge is -2.29. The van der Waals surface area contributed by atoms with E-state index in [1.807, 2.05) is 60.7 Å². The highest BCUT2D eigenvalue weighted by Crippen LogP contribution is 2.35. The monoisotopic (exact) mass is 396 g/mol. The van der Waals surface area contributed by atoms with E-state index in [0.29, 0.717) is 30.9 Å². The molecule has 2 fully saturated rings. The Morgan fingerprint density at radius 2 is 1.55 bits per heavy atom. The number of morpholine rings is 1. The lowest BCUT2D eigenvalue weighted by Crippen LogP contribution is -3.15. The topological polar surface area (TPSA) is 83.3 Å². The average molecular weight is 396 g/mol. The fourth-order valence-electron chi connectivity index (χ4n) is 4.15. The molecule has 2 aliphatic rings. The molecule has 1 atom stereocenters.